The lowest BCUT2D eigenvalue weighted by molar-refractivity contribution is 0.102. The first-order chi connectivity index (χ1) is 10.7. The molecule has 5 heteroatoms. The van der Waals surface area contributed by atoms with Gasteiger partial charge in [-0.2, -0.15) is 0 Å². The minimum absolute atomic E-state index is 0.200. The molecule has 0 aliphatic heterocycles. The number of rotatable bonds is 3. The highest BCUT2D eigenvalue weighted by Crippen LogP contribution is 2.31. The summed E-state index contributed by atoms with van der Waals surface area (Å²) in [5.41, 5.74) is 1.17. The smallest absolute Gasteiger partial charge is 0.255 e. The molecule has 1 amide bonds. The van der Waals surface area contributed by atoms with Crippen LogP contribution in [0.3, 0.4) is 0 Å². The molecule has 0 atom stereocenters. The third kappa shape index (κ3) is 2.73. The molecule has 0 spiro atoms. The normalized spacial score (nSPS) is 10.5. The van der Waals surface area contributed by atoms with Crippen LogP contribution >= 0.6 is 11.6 Å². The summed E-state index contributed by atoms with van der Waals surface area (Å²) in [7, 11) is 1.59. The fraction of sp³-hybridized carbons (Fsp3) is 0.0588. The third-order valence-corrected chi connectivity index (χ3v) is 3.63. The average molecular weight is 313 g/mol. The van der Waals surface area contributed by atoms with E-state index in [0.29, 0.717) is 22.2 Å². The van der Waals surface area contributed by atoms with Crippen molar-refractivity contribution in [3.8, 4) is 5.75 Å². The van der Waals surface area contributed by atoms with Crippen LogP contribution in [-0.2, 0) is 0 Å². The highest BCUT2D eigenvalue weighted by atomic mass is 35.5. The zero-order chi connectivity index (χ0) is 15.5. The van der Waals surface area contributed by atoms with E-state index in [2.05, 4.69) is 10.3 Å². The molecule has 1 heterocycles. The Bertz CT molecular complexity index is 835. The molecule has 0 bridgehead atoms. The molecule has 0 saturated heterocycles. The predicted octanol–water partition coefficient (Wildman–Crippen LogP) is 4.15. The standard InChI is InChI=1S/C17H13ClN2O2/c1-22-12-7-8-13-14(9-12)15(10-19-16(13)18)20-17(21)11-5-3-2-4-6-11/h2-10H,1H3,(H,20,21). The molecular weight excluding hydrogens is 300 g/mol. The van der Waals surface area contributed by atoms with Crippen molar-refractivity contribution in [3.63, 3.8) is 0 Å². The van der Waals surface area contributed by atoms with Crippen LogP contribution in [0.1, 0.15) is 10.4 Å². The van der Waals surface area contributed by atoms with Gasteiger partial charge in [-0.05, 0) is 30.3 Å². The molecule has 0 radical (unpaired) electrons. The van der Waals surface area contributed by atoms with Gasteiger partial charge in [0.25, 0.3) is 5.91 Å². The van der Waals surface area contributed by atoms with E-state index in [1.807, 2.05) is 30.3 Å². The summed E-state index contributed by atoms with van der Waals surface area (Å²) in [5.74, 6) is 0.485. The van der Waals surface area contributed by atoms with Crippen LogP contribution in [0.25, 0.3) is 10.8 Å². The van der Waals surface area contributed by atoms with Crippen molar-refractivity contribution in [2.75, 3.05) is 12.4 Å². The topological polar surface area (TPSA) is 51.2 Å². The number of pyridine rings is 1. The van der Waals surface area contributed by atoms with Gasteiger partial charge in [0.1, 0.15) is 10.9 Å². The SMILES string of the molecule is COc1ccc2c(Cl)ncc(NC(=O)c3ccccc3)c2c1. The van der Waals surface area contributed by atoms with Crippen molar-refractivity contribution in [3.05, 3.63) is 65.4 Å². The van der Waals surface area contributed by atoms with Crippen LogP contribution in [0.15, 0.2) is 54.7 Å². The molecule has 110 valence electrons. The van der Waals surface area contributed by atoms with Crippen LogP contribution in [0, 0.1) is 0 Å². The van der Waals surface area contributed by atoms with E-state index in [-0.39, 0.29) is 5.91 Å². The number of methoxy groups -OCH3 is 1. The van der Waals surface area contributed by atoms with Crippen molar-refractivity contribution >= 4 is 34.0 Å². The van der Waals surface area contributed by atoms with Gasteiger partial charge in [0.2, 0.25) is 0 Å². The van der Waals surface area contributed by atoms with Crippen molar-refractivity contribution < 1.29 is 9.53 Å². The van der Waals surface area contributed by atoms with E-state index in [4.69, 9.17) is 16.3 Å². The number of fused-ring (bicyclic) bond motifs is 1. The summed E-state index contributed by atoms with van der Waals surface area (Å²) in [5, 5.41) is 4.79. The summed E-state index contributed by atoms with van der Waals surface area (Å²) in [6.07, 6.45) is 1.55. The number of ether oxygens (including phenoxy) is 1. The Morgan fingerprint density at radius 2 is 1.91 bits per heavy atom. The molecule has 0 saturated carbocycles. The van der Waals surface area contributed by atoms with Gasteiger partial charge in [0, 0.05) is 16.3 Å². The number of carbonyl (C=O) groups excluding carboxylic acids is 1. The van der Waals surface area contributed by atoms with Gasteiger partial charge in [-0.15, -0.1) is 0 Å². The highest BCUT2D eigenvalue weighted by Gasteiger charge is 2.11. The lowest BCUT2D eigenvalue weighted by Gasteiger charge is -2.10. The maximum absolute atomic E-state index is 12.3. The van der Waals surface area contributed by atoms with Gasteiger partial charge in [-0.1, -0.05) is 29.8 Å². The minimum Gasteiger partial charge on any atom is -0.497 e. The number of hydrogen-bond donors (Lipinski definition) is 1. The number of anilines is 1. The van der Waals surface area contributed by atoms with Crippen molar-refractivity contribution in [2.24, 2.45) is 0 Å². The largest absolute Gasteiger partial charge is 0.497 e. The van der Waals surface area contributed by atoms with Crippen LogP contribution < -0.4 is 10.1 Å². The van der Waals surface area contributed by atoms with Crippen LogP contribution in [0.5, 0.6) is 5.75 Å². The first-order valence-electron chi connectivity index (χ1n) is 6.67. The number of nitrogens with one attached hydrogen (secondary N) is 1. The van der Waals surface area contributed by atoms with E-state index in [1.54, 1.807) is 31.5 Å². The molecule has 3 rings (SSSR count). The van der Waals surface area contributed by atoms with Gasteiger partial charge in [0.15, 0.2) is 0 Å². The van der Waals surface area contributed by atoms with Gasteiger partial charge in [0.05, 0.1) is 19.0 Å². The number of nitrogens with zero attached hydrogens (tertiary/aromatic N) is 1. The molecule has 1 aromatic heterocycles. The van der Waals surface area contributed by atoms with Gasteiger partial charge >= 0.3 is 0 Å². The van der Waals surface area contributed by atoms with Crippen molar-refractivity contribution in [1.29, 1.82) is 0 Å². The monoisotopic (exact) mass is 312 g/mol. The minimum atomic E-state index is -0.200. The van der Waals surface area contributed by atoms with Gasteiger partial charge in [-0.25, -0.2) is 4.98 Å². The van der Waals surface area contributed by atoms with Crippen molar-refractivity contribution in [1.82, 2.24) is 4.98 Å². The Morgan fingerprint density at radius 1 is 1.14 bits per heavy atom. The summed E-state index contributed by atoms with van der Waals surface area (Å²) in [6.45, 7) is 0. The first kappa shape index (κ1) is 14.4. The van der Waals surface area contributed by atoms with E-state index >= 15 is 0 Å². The van der Waals surface area contributed by atoms with E-state index < -0.39 is 0 Å². The van der Waals surface area contributed by atoms with Gasteiger partial charge < -0.3 is 10.1 Å². The number of hydrogen-bond acceptors (Lipinski definition) is 3. The maximum Gasteiger partial charge on any atom is 0.255 e. The molecule has 1 N–H and O–H groups in total. The van der Waals surface area contributed by atoms with Crippen LogP contribution in [0.4, 0.5) is 5.69 Å². The highest BCUT2D eigenvalue weighted by molar-refractivity contribution is 6.34. The molecule has 22 heavy (non-hydrogen) atoms. The second-order valence-electron chi connectivity index (χ2n) is 4.69. The Hall–Kier alpha value is -2.59. The molecule has 0 unspecified atom stereocenters. The lowest BCUT2D eigenvalue weighted by Crippen LogP contribution is -2.12. The fourth-order valence-electron chi connectivity index (χ4n) is 2.20. The van der Waals surface area contributed by atoms with Crippen LogP contribution in [-0.4, -0.2) is 18.0 Å². The lowest BCUT2D eigenvalue weighted by atomic mass is 10.1. The number of amides is 1. The second kappa shape index (κ2) is 6.03. The van der Waals surface area contributed by atoms with E-state index in [9.17, 15) is 4.79 Å². The van der Waals surface area contributed by atoms with E-state index in [0.717, 1.165) is 10.8 Å². The third-order valence-electron chi connectivity index (χ3n) is 3.33. The predicted molar refractivity (Wildman–Crippen MR) is 87.7 cm³/mol. The zero-order valence-electron chi connectivity index (χ0n) is 11.8. The summed E-state index contributed by atoms with van der Waals surface area (Å²) < 4.78 is 5.23. The fourth-order valence-corrected chi connectivity index (χ4v) is 2.41. The van der Waals surface area contributed by atoms with Gasteiger partial charge in [-0.3, -0.25) is 4.79 Å². The number of benzene rings is 2. The number of halogens is 1. The Kier molecular flexibility index (Phi) is 3.94. The Morgan fingerprint density at radius 3 is 2.64 bits per heavy atom. The molecule has 4 nitrogen and oxygen atoms in total. The second-order valence-corrected chi connectivity index (χ2v) is 5.05. The Balaban J connectivity index is 2.03. The van der Waals surface area contributed by atoms with Crippen molar-refractivity contribution in [2.45, 2.75) is 0 Å². The summed E-state index contributed by atoms with van der Waals surface area (Å²) >= 11 is 6.11. The van der Waals surface area contributed by atoms with Crippen LogP contribution in [0.2, 0.25) is 5.15 Å². The average Bonchev–Trinajstić information content (AvgIpc) is 2.57. The first-order valence-corrected chi connectivity index (χ1v) is 7.05. The summed E-state index contributed by atoms with van der Waals surface area (Å²) in [4.78, 5) is 16.4. The van der Waals surface area contributed by atoms with E-state index in [1.165, 1.54) is 0 Å². The molecule has 0 aliphatic rings. The number of carbonyl (C=O) groups is 1. The summed E-state index contributed by atoms with van der Waals surface area (Å²) in [6, 6.07) is 14.4. The molecular formula is C17H13ClN2O2. The molecule has 0 fully saturated rings. The quantitative estimate of drug-likeness (QED) is 0.739. The Labute approximate surface area is 132 Å². The zero-order valence-corrected chi connectivity index (χ0v) is 12.6. The maximum atomic E-state index is 12.3. The molecule has 0 aliphatic carbocycles. The molecule has 2 aromatic carbocycles. The number of aromatic nitrogens is 1. The molecule has 3 aromatic rings.